The highest BCUT2D eigenvalue weighted by atomic mass is 32.1. The smallest absolute Gasteiger partial charge is 0.376 e. The summed E-state index contributed by atoms with van der Waals surface area (Å²) in [6.45, 7) is 1.30. The summed E-state index contributed by atoms with van der Waals surface area (Å²) in [7, 11) is 0. The molecule has 2 aromatic heterocycles. The molecule has 1 amide bonds. The van der Waals surface area contributed by atoms with Gasteiger partial charge in [-0.15, -0.1) is 0 Å². The molecule has 3 heterocycles. The van der Waals surface area contributed by atoms with E-state index in [4.69, 9.17) is 4.74 Å². The quantitative estimate of drug-likeness (QED) is 0.891. The van der Waals surface area contributed by atoms with Gasteiger partial charge in [-0.05, 0) is 35.2 Å². The fourth-order valence-electron chi connectivity index (χ4n) is 2.59. The molecule has 5 nitrogen and oxygen atoms in total. The predicted molar refractivity (Wildman–Crippen MR) is 81.6 cm³/mol. The molecule has 0 radical (unpaired) electrons. The van der Waals surface area contributed by atoms with E-state index in [0.717, 1.165) is 24.5 Å². The number of carbonyl (C=O) groups excluding carboxylic acids is 1. The van der Waals surface area contributed by atoms with Crippen molar-refractivity contribution in [2.45, 2.75) is 31.7 Å². The zero-order chi connectivity index (χ0) is 17.2. The normalized spacial score (nSPS) is 18.0. The molecule has 9 heteroatoms. The average molecular weight is 359 g/mol. The molecule has 0 bridgehead atoms. The zero-order valence-electron chi connectivity index (χ0n) is 12.7. The first-order chi connectivity index (χ1) is 11.4. The van der Waals surface area contributed by atoms with Crippen LogP contribution in [0.4, 0.5) is 13.2 Å². The van der Waals surface area contributed by atoms with E-state index in [1.54, 1.807) is 0 Å². The number of carbonyl (C=O) groups is 1. The molecule has 0 aliphatic carbocycles. The van der Waals surface area contributed by atoms with Gasteiger partial charge in [0.2, 0.25) is 0 Å². The maximum absolute atomic E-state index is 12.7. The van der Waals surface area contributed by atoms with Gasteiger partial charge in [0.15, 0.2) is 5.69 Å². The molecule has 0 spiro atoms. The number of halogens is 3. The molecule has 24 heavy (non-hydrogen) atoms. The monoisotopic (exact) mass is 359 g/mol. The minimum Gasteiger partial charge on any atom is -0.376 e. The highest BCUT2D eigenvalue weighted by Crippen LogP contribution is 2.28. The van der Waals surface area contributed by atoms with E-state index in [1.165, 1.54) is 16.2 Å². The Balaban J connectivity index is 1.77. The van der Waals surface area contributed by atoms with E-state index in [9.17, 15) is 18.0 Å². The Bertz CT molecular complexity index is 678. The second-order valence-corrected chi connectivity index (χ2v) is 6.40. The summed E-state index contributed by atoms with van der Waals surface area (Å²) in [4.78, 5) is 14.1. The van der Waals surface area contributed by atoms with Crippen LogP contribution in [0.5, 0.6) is 0 Å². The van der Waals surface area contributed by atoms with Crippen LogP contribution < -0.4 is 0 Å². The van der Waals surface area contributed by atoms with Gasteiger partial charge >= 0.3 is 6.18 Å². The molecule has 0 aromatic carbocycles. The SMILES string of the molecule is O=C(c1cc(C(F)(F)F)[nH]n1)N(Cc1ccsc1)C[C@@H]1CCCO1. The number of thiophene rings is 1. The maximum Gasteiger partial charge on any atom is 0.432 e. The lowest BCUT2D eigenvalue weighted by Crippen LogP contribution is -2.37. The Labute approximate surface area is 140 Å². The molecular weight excluding hydrogens is 343 g/mol. The van der Waals surface area contributed by atoms with E-state index in [2.05, 4.69) is 5.10 Å². The molecule has 3 rings (SSSR count). The highest BCUT2D eigenvalue weighted by Gasteiger charge is 2.34. The van der Waals surface area contributed by atoms with Crippen LogP contribution in [-0.4, -0.2) is 40.3 Å². The Hall–Kier alpha value is -1.87. The van der Waals surface area contributed by atoms with Gasteiger partial charge in [-0.2, -0.15) is 29.6 Å². The number of ether oxygens (including phenoxy) is 1. The van der Waals surface area contributed by atoms with E-state index < -0.39 is 17.8 Å². The first-order valence-electron chi connectivity index (χ1n) is 7.48. The van der Waals surface area contributed by atoms with Gasteiger partial charge in [-0.25, -0.2) is 0 Å². The van der Waals surface area contributed by atoms with Gasteiger partial charge in [0.1, 0.15) is 5.69 Å². The van der Waals surface area contributed by atoms with E-state index in [1.807, 2.05) is 21.9 Å². The largest absolute Gasteiger partial charge is 0.432 e. The maximum atomic E-state index is 12.7. The molecular formula is C15H16F3N3O2S. The molecule has 1 aliphatic rings. The van der Waals surface area contributed by atoms with E-state index >= 15 is 0 Å². The minimum absolute atomic E-state index is 0.0892. The van der Waals surface area contributed by atoms with Crippen LogP contribution >= 0.6 is 11.3 Å². The molecule has 0 unspecified atom stereocenters. The van der Waals surface area contributed by atoms with Gasteiger partial charge in [0.05, 0.1) is 6.10 Å². The van der Waals surface area contributed by atoms with Gasteiger partial charge in [-0.1, -0.05) is 0 Å². The van der Waals surface area contributed by atoms with E-state index in [0.29, 0.717) is 19.7 Å². The Morgan fingerprint density at radius 2 is 2.33 bits per heavy atom. The van der Waals surface area contributed by atoms with Crippen molar-refractivity contribution in [2.75, 3.05) is 13.2 Å². The number of hydrogen-bond acceptors (Lipinski definition) is 4. The van der Waals surface area contributed by atoms with Gasteiger partial charge < -0.3 is 9.64 Å². The summed E-state index contributed by atoms with van der Waals surface area (Å²) in [6, 6.07) is 2.63. The number of alkyl halides is 3. The Morgan fingerprint density at radius 3 is 2.92 bits per heavy atom. The molecule has 1 atom stereocenters. The molecule has 1 N–H and O–H groups in total. The van der Waals surface area contributed by atoms with Crippen LogP contribution in [0.25, 0.3) is 0 Å². The molecule has 1 fully saturated rings. The van der Waals surface area contributed by atoms with Crippen molar-refractivity contribution in [2.24, 2.45) is 0 Å². The lowest BCUT2D eigenvalue weighted by Gasteiger charge is -2.24. The zero-order valence-corrected chi connectivity index (χ0v) is 13.5. The van der Waals surface area contributed by atoms with Gasteiger partial charge in [0.25, 0.3) is 5.91 Å². The van der Waals surface area contributed by atoms with Crippen molar-refractivity contribution in [1.82, 2.24) is 15.1 Å². The Kier molecular flexibility index (Phi) is 4.91. The number of nitrogens with one attached hydrogen (secondary N) is 1. The van der Waals surface area contributed by atoms with Crippen LogP contribution in [0.3, 0.4) is 0 Å². The van der Waals surface area contributed by atoms with E-state index in [-0.39, 0.29) is 11.8 Å². The molecule has 1 saturated heterocycles. The number of H-pyrrole nitrogens is 1. The average Bonchev–Trinajstić information content (AvgIpc) is 3.27. The number of rotatable bonds is 5. The van der Waals surface area contributed by atoms with Crippen molar-refractivity contribution in [1.29, 1.82) is 0 Å². The lowest BCUT2D eigenvalue weighted by molar-refractivity contribution is -0.141. The third-order valence-corrected chi connectivity index (χ3v) is 4.52. The lowest BCUT2D eigenvalue weighted by atomic mass is 10.2. The topological polar surface area (TPSA) is 58.2 Å². The third kappa shape index (κ3) is 3.96. The van der Waals surface area contributed by atoms with Crippen LogP contribution in [-0.2, 0) is 17.5 Å². The van der Waals surface area contributed by atoms with Crippen molar-refractivity contribution in [3.63, 3.8) is 0 Å². The van der Waals surface area contributed by atoms with Crippen molar-refractivity contribution >= 4 is 17.2 Å². The van der Waals surface area contributed by atoms with Crippen LogP contribution in [0.15, 0.2) is 22.9 Å². The van der Waals surface area contributed by atoms with Crippen LogP contribution in [0.2, 0.25) is 0 Å². The van der Waals surface area contributed by atoms with Crippen molar-refractivity contribution in [3.05, 3.63) is 39.8 Å². The van der Waals surface area contributed by atoms with Crippen LogP contribution in [0, 0.1) is 0 Å². The highest BCUT2D eigenvalue weighted by molar-refractivity contribution is 7.07. The predicted octanol–water partition coefficient (Wildman–Crippen LogP) is 3.31. The van der Waals surface area contributed by atoms with Crippen molar-refractivity contribution in [3.8, 4) is 0 Å². The summed E-state index contributed by atoms with van der Waals surface area (Å²) in [5.74, 6) is -0.538. The number of nitrogens with zero attached hydrogens (tertiary/aromatic N) is 2. The van der Waals surface area contributed by atoms with Crippen molar-refractivity contribution < 1.29 is 22.7 Å². The summed E-state index contributed by atoms with van der Waals surface area (Å²) in [5.41, 5.74) is -0.341. The first-order valence-corrected chi connectivity index (χ1v) is 8.42. The van der Waals surface area contributed by atoms with Crippen LogP contribution in [0.1, 0.15) is 34.6 Å². The third-order valence-electron chi connectivity index (χ3n) is 3.79. The van der Waals surface area contributed by atoms with Gasteiger partial charge in [-0.3, -0.25) is 9.89 Å². The number of amides is 1. The molecule has 0 saturated carbocycles. The fourth-order valence-corrected chi connectivity index (χ4v) is 3.25. The summed E-state index contributed by atoms with van der Waals surface area (Å²) in [6.07, 6.45) is -2.89. The minimum atomic E-state index is -4.56. The second-order valence-electron chi connectivity index (χ2n) is 5.62. The standard InChI is InChI=1S/C15H16F3N3O2S/c16-15(17,18)13-6-12(19-20-13)14(22)21(7-10-3-5-24-9-10)8-11-2-1-4-23-11/h3,5-6,9,11H,1-2,4,7-8H2,(H,19,20)/t11-/m0/s1. The number of aromatic nitrogens is 2. The molecule has 2 aromatic rings. The molecule has 1 aliphatic heterocycles. The summed E-state index contributed by atoms with van der Waals surface area (Å²) >= 11 is 1.50. The second kappa shape index (κ2) is 6.94. The summed E-state index contributed by atoms with van der Waals surface area (Å²) < 4.78 is 43.6. The fraction of sp³-hybridized carbons (Fsp3) is 0.467. The number of aromatic amines is 1. The Morgan fingerprint density at radius 1 is 1.50 bits per heavy atom. The molecule has 130 valence electrons. The number of hydrogen-bond donors (Lipinski definition) is 1. The summed E-state index contributed by atoms with van der Waals surface area (Å²) in [5, 5.41) is 9.21. The van der Waals surface area contributed by atoms with Gasteiger partial charge in [0, 0.05) is 25.8 Å². The first kappa shape index (κ1) is 17.0.